The molecule has 1 aromatic rings. The van der Waals surface area contributed by atoms with Crippen LogP contribution in [0, 0.1) is 18.8 Å². The number of aryl methyl sites for hydroxylation is 1. The highest BCUT2D eigenvalue weighted by Crippen LogP contribution is 2.31. The Bertz CT molecular complexity index is 516. The molecule has 0 N–H and O–H groups in total. The Morgan fingerprint density at radius 2 is 1.95 bits per heavy atom. The lowest BCUT2D eigenvalue weighted by molar-refractivity contribution is -0.132. The molecule has 0 spiro atoms. The number of piperidine rings is 1. The second-order valence-electron chi connectivity index (χ2n) is 7.20. The van der Waals surface area contributed by atoms with Crippen molar-refractivity contribution in [3.63, 3.8) is 0 Å². The predicted molar refractivity (Wildman–Crippen MR) is 89.5 cm³/mol. The molecule has 0 atom stereocenters. The Hall–Kier alpha value is -1.35. The molecular weight excluding hydrogens is 272 g/mol. The summed E-state index contributed by atoms with van der Waals surface area (Å²) in [7, 11) is 1.99. The standard InChI is InChI=1S/C19H28N2O/c1-15-4-3-5-17(12-15)14-21-10-8-16(9-11-21)13-20(2)19(22)18-6-7-18/h3-5,12,16,18H,6-11,13-14H2,1-2H3. The van der Waals surface area contributed by atoms with Crippen LogP contribution in [-0.4, -0.2) is 42.4 Å². The van der Waals surface area contributed by atoms with Crippen molar-refractivity contribution in [1.82, 2.24) is 9.80 Å². The van der Waals surface area contributed by atoms with Crippen molar-refractivity contribution in [3.8, 4) is 0 Å². The topological polar surface area (TPSA) is 23.6 Å². The van der Waals surface area contributed by atoms with Crippen LogP contribution in [0.2, 0.25) is 0 Å². The van der Waals surface area contributed by atoms with Crippen LogP contribution in [0.3, 0.4) is 0 Å². The summed E-state index contributed by atoms with van der Waals surface area (Å²) in [5, 5.41) is 0. The predicted octanol–water partition coefficient (Wildman–Crippen LogP) is 3.08. The van der Waals surface area contributed by atoms with Gasteiger partial charge in [0, 0.05) is 26.1 Å². The third kappa shape index (κ3) is 4.10. The van der Waals surface area contributed by atoms with Crippen LogP contribution in [-0.2, 0) is 11.3 Å². The minimum absolute atomic E-state index is 0.353. The number of carbonyl (C=O) groups excluding carboxylic acids is 1. The van der Waals surface area contributed by atoms with E-state index in [9.17, 15) is 4.79 Å². The number of hydrogen-bond acceptors (Lipinski definition) is 2. The molecule has 1 aliphatic carbocycles. The van der Waals surface area contributed by atoms with Gasteiger partial charge in [-0.05, 0) is 57.2 Å². The molecule has 1 heterocycles. The number of likely N-dealkylation sites (tertiary alicyclic amines) is 1. The second kappa shape index (κ2) is 6.82. The lowest BCUT2D eigenvalue weighted by atomic mass is 9.95. The molecule has 1 aliphatic heterocycles. The monoisotopic (exact) mass is 300 g/mol. The quantitative estimate of drug-likeness (QED) is 0.834. The molecule has 0 bridgehead atoms. The zero-order chi connectivity index (χ0) is 15.5. The summed E-state index contributed by atoms with van der Waals surface area (Å²) in [6, 6.07) is 8.81. The lowest BCUT2D eigenvalue weighted by Crippen LogP contribution is -2.39. The van der Waals surface area contributed by atoms with Gasteiger partial charge in [-0.1, -0.05) is 29.8 Å². The summed E-state index contributed by atoms with van der Waals surface area (Å²) in [6.45, 7) is 6.48. The summed E-state index contributed by atoms with van der Waals surface area (Å²) >= 11 is 0. The van der Waals surface area contributed by atoms with Gasteiger partial charge in [-0.15, -0.1) is 0 Å². The van der Waals surface area contributed by atoms with Gasteiger partial charge in [0.1, 0.15) is 0 Å². The van der Waals surface area contributed by atoms with E-state index in [0.29, 0.717) is 17.7 Å². The van der Waals surface area contributed by atoms with Crippen molar-refractivity contribution < 1.29 is 4.79 Å². The second-order valence-corrected chi connectivity index (χ2v) is 7.20. The van der Waals surface area contributed by atoms with Gasteiger partial charge in [0.25, 0.3) is 0 Å². The van der Waals surface area contributed by atoms with Crippen molar-refractivity contribution in [2.24, 2.45) is 11.8 Å². The van der Waals surface area contributed by atoms with Gasteiger partial charge in [0.05, 0.1) is 0 Å². The normalized spacial score (nSPS) is 20.1. The highest BCUT2D eigenvalue weighted by Gasteiger charge is 2.33. The number of amides is 1. The molecule has 22 heavy (non-hydrogen) atoms. The smallest absolute Gasteiger partial charge is 0.225 e. The van der Waals surface area contributed by atoms with Gasteiger partial charge < -0.3 is 4.90 Å². The number of benzene rings is 1. The van der Waals surface area contributed by atoms with Gasteiger partial charge in [0.2, 0.25) is 5.91 Å². The van der Waals surface area contributed by atoms with E-state index in [2.05, 4.69) is 36.1 Å². The zero-order valence-corrected chi connectivity index (χ0v) is 13.9. The summed E-state index contributed by atoms with van der Waals surface area (Å²) in [4.78, 5) is 16.6. The molecular formula is C19H28N2O. The van der Waals surface area contributed by atoms with Crippen LogP contribution in [0.5, 0.6) is 0 Å². The average Bonchev–Trinajstić information content (AvgIpc) is 3.33. The molecule has 0 radical (unpaired) electrons. The molecule has 120 valence electrons. The van der Waals surface area contributed by atoms with Gasteiger partial charge >= 0.3 is 0 Å². The van der Waals surface area contributed by atoms with Crippen LogP contribution in [0.1, 0.15) is 36.8 Å². The fourth-order valence-corrected chi connectivity index (χ4v) is 3.52. The van der Waals surface area contributed by atoms with E-state index in [1.54, 1.807) is 0 Å². The summed E-state index contributed by atoms with van der Waals surface area (Å²) < 4.78 is 0. The third-order valence-corrected chi connectivity index (χ3v) is 5.03. The fraction of sp³-hybridized carbons (Fsp3) is 0.632. The Kier molecular flexibility index (Phi) is 4.82. The minimum atomic E-state index is 0.353. The first kappa shape index (κ1) is 15.5. The molecule has 0 aromatic heterocycles. The number of rotatable bonds is 5. The molecule has 0 unspecified atom stereocenters. The number of nitrogens with zero attached hydrogens (tertiary/aromatic N) is 2. The first-order valence-corrected chi connectivity index (χ1v) is 8.64. The van der Waals surface area contributed by atoms with Crippen LogP contribution in [0.15, 0.2) is 24.3 Å². The van der Waals surface area contributed by atoms with E-state index in [1.807, 2.05) is 11.9 Å². The van der Waals surface area contributed by atoms with Crippen molar-refractivity contribution in [2.45, 2.75) is 39.2 Å². The van der Waals surface area contributed by atoms with Crippen molar-refractivity contribution in [2.75, 3.05) is 26.7 Å². The van der Waals surface area contributed by atoms with E-state index in [4.69, 9.17) is 0 Å². The van der Waals surface area contributed by atoms with Crippen LogP contribution in [0.25, 0.3) is 0 Å². The largest absolute Gasteiger partial charge is 0.345 e. The molecule has 3 heteroatoms. The maximum Gasteiger partial charge on any atom is 0.225 e. The van der Waals surface area contributed by atoms with Gasteiger partial charge in [0.15, 0.2) is 0 Å². The van der Waals surface area contributed by atoms with E-state index < -0.39 is 0 Å². The maximum atomic E-state index is 12.0. The first-order valence-electron chi connectivity index (χ1n) is 8.64. The fourth-order valence-electron chi connectivity index (χ4n) is 3.52. The van der Waals surface area contributed by atoms with Gasteiger partial charge in [-0.3, -0.25) is 9.69 Å². The van der Waals surface area contributed by atoms with Crippen LogP contribution >= 0.6 is 0 Å². The molecule has 2 aliphatic rings. The van der Waals surface area contributed by atoms with E-state index >= 15 is 0 Å². The first-order chi connectivity index (χ1) is 10.6. The molecule has 1 amide bonds. The Labute approximate surface area is 134 Å². The molecule has 3 nitrogen and oxygen atoms in total. The Morgan fingerprint density at radius 3 is 2.59 bits per heavy atom. The highest BCUT2D eigenvalue weighted by molar-refractivity contribution is 5.80. The van der Waals surface area contributed by atoms with Crippen LogP contribution in [0.4, 0.5) is 0 Å². The van der Waals surface area contributed by atoms with Crippen molar-refractivity contribution >= 4 is 5.91 Å². The van der Waals surface area contributed by atoms with E-state index in [-0.39, 0.29) is 0 Å². The lowest BCUT2D eigenvalue weighted by Gasteiger charge is -2.34. The number of hydrogen-bond donors (Lipinski definition) is 0. The SMILES string of the molecule is Cc1cccc(CN2CCC(CN(C)C(=O)C3CC3)CC2)c1. The van der Waals surface area contributed by atoms with Gasteiger partial charge in [-0.25, -0.2) is 0 Å². The Morgan fingerprint density at radius 1 is 1.23 bits per heavy atom. The molecule has 1 aromatic carbocycles. The zero-order valence-electron chi connectivity index (χ0n) is 13.9. The average molecular weight is 300 g/mol. The molecule has 1 saturated heterocycles. The molecule has 1 saturated carbocycles. The summed E-state index contributed by atoms with van der Waals surface area (Å²) in [5.41, 5.74) is 2.76. The maximum absolute atomic E-state index is 12.0. The van der Waals surface area contributed by atoms with Crippen molar-refractivity contribution in [1.29, 1.82) is 0 Å². The number of carbonyl (C=O) groups is 1. The minimum Gasteiger partial charge on any atom is -0.345 e. The third-order valence-electron chi connectivity index (χ3n) is 5.03. The van der Waals surface area contributed by atoms with E-state index in [1.165, 1.54) is 24.0 Å². The van der Waals surface area contributed by atoms with Crippen molar-refractivity contribution in [3.05, 3.63) is 35.4 Å². The van der Waals surface area contributed by atoms with Crippen LogP contribution < -0.4 is 0 Å². The summed E-state index contributed by atoms with van der Waals surface area (Å²) in [6.07, 6.45) is 4.65. The van der Waals surface area contributed by atoms with Gasteiger partial charge in [-0.2, -0.15) is 0 Å². The molecule has 3 rings (SSSR count). The molecule has 2 fully saturated rings. The summed E-state index contributed by atoms with van der Waals surface area (Å²) in [5.74, 6) is 1.41. The van der Waals surface area contributed by atoms with E-state index in [0.717, 1.165) is 39.0 Å². The highest BCUT2D eigenvalue weighted by atomic mass is 16.2. The Balaban J connectivity index is 1.43.